The van der Waals surface area contributed by atoms with E-state index in [-0.39, 0.29) is 0 Å². The van der Waals surface area contributed by atoms with E-state index in [1.807, 2.05) is 31.3 Å². The van der Waals surface area contributed by atoms with Crippen LogP contribution in [0.5, 0.6) is 5.75 Å². The fourth-order valence-corrected chi connectivity index (χ4v) is 4.42. The van der Waals surface area contributed by atoms with Crippen molar-refractivity contribution in [3.63, 3.8) is 0 Å². The highest BCUT2D eigenvalue weighted by Gasteiger charge is 2.25. The van der Waals surface area contributed by atoms with E-state index in [4.69, 9.17) is 9.26 Å². The second kappa shape index (κ2) is 7.55. The standard InChI is InChI=1S/C19H22N4O2S/c1-13-21-18(22-25-13)14-6-5-9-23(11-14)12-15-10-20-19(26-15)16-7-3-4-8-17(16)24-2/h3-4,7-8,10,14H,5-6,9,11-12H2,1-2H3/t14-/m1/s1. The number of benzene rings is 1. The molecule has 4 rings (SSSR count). The number of thiazole rings is 1. The average Bonchev–Trinajstić information content (AvgIpc) is 3.31. The molecule has 6 nitrogen and oxygen atoms in total. The van der Waals surface area contributed by atoms with Gasteiger partial charge in [-0.2, -0.15) is 4.98 Å². The van der Waals surface area contributed by atoms with Crippen LogP contribution in [0, 0.1) is 6.92 Å². The molecule has 1 aromatic carbocycles. The quantitative estimate of drug-likeness (QED) is 0.679. The minimum atomic E-state index is 0.350. The van der Waals surface area contributed by atoms with Gasteiger partial charge in [-0.25, -0.2) is 4.98 Å². The van der Waals surface area contributed by atoms with Crippen molar-refractivity contribution in [3.05, 3.63) is 47.1 Å². The number of aryl methyl sites for hydroxylation is 1. The highest BCUT2D eigenvalue weighted by atomic mass is 32.1. The predicted octanol–water partition coefficient (Wildman–Crippen LogP) is 3.89. The lowest BCUT2D eigenvalue weighted by molar-refractivity contribution is 0.196. The maximum absolute atomic E-state index is 5.46. The van der Waals surface area contributed by atoms with Crippen LogP contribution >= 0.6 is 11.3 Å². The largest absolute Gasteiger partial charge is 0.496 e. The van der Waals surface area contributed by atoms with E-state index < -0.39 is 0 Å². The van der Waals surface area contributed by atoms with Crippen molar-refractivity contribution in [2.75, 3.05) is 20.2 Å². The summed E-state index contributed by atoms with van der Waals surface area (Å²) in [5, 5.41) is 5.11. The van der Waals surface area contributed by atoms with Gasteiger partial charge in [0, 0.05) is 37.0 Å². The summed E-state index contributed by atoms with van der Waals surface area (Å²) in [7, 11) is 1.70. The number of ether oxygens (including phenoxy) is 1. The molecule has 0 radical (unpaired) electrons. The van der Waals surface area contributed by atoms with Crippen molar-refractivity contribution >= 4 is 11.3 Å². The molecule has 26 heavy (non-hydrogen) atoms. The number of hydrogen-bond donors (Lipinski definition) is 0. The molecule has 1 atom stereocenters. The van der Waals surface area contributed by atoms with Gasteiger partial charge in [-0.05, 0) is 31.5 Å². The van der Waals surface area contributed by atoms with E-state index >= 15 is 0 Å². The number of hydrogen-bond acceptors (Lipinski definition) is 7. The van der Waals surface area contributed by atoms with Gasteiger partial charge in [0.05, 0.1) is 12.7 Å². The molecule has 1 fully saturated rings. The second-order valence-electron chi connectivity index (χ2n) is 6.58. The van der Waals surface area contributed by atoms with E-state index in [0.29, 0.717) is 11.8 Å². The first kappa shape index (κ1) is 17.2. The van der Waals surface area contributed by atoms with Gasteiger partial charge in [0.1, 0.15) is 10.8 Å². The normalized spacial score (nSPS) is 18.2. The number of aromatic nitrogens is 3. The molecule has 0 unspecified atom stereocenters. The molecule has 1 aliphatic rings. The Labute approximate surface area is 156 Å². The van der Waals surface area contributed by atoms with Crippen molar-refractivity contribution in [2.45, 2.75) is 32.2 Å². The molecule has 3 aromatic rings. The Balaban J connectivity index is 1.45. The third kappa shape index (κ3) is 3.64. The highest BCUT2D eigenvalue weighted by Crippen LogP contribution is 2.33. The van der Waals surface area contributed by atoms with Crippen LogP contribution in [0.4, 0.5) is 0 Å². The van der Waals surface area contributed by atoms with Crippen molar-refractivity contribution < 1.29 is 9.26 Å². The van der Waals surface area contributed by atoms with E-state index in [1.165, 1.54) is 4.88 Å². The Morgan fingerprint density at radius 1 is 1.35 bits per heavy atom. The van der Waals surface area contributed by atoms with E-state index in [9.17, 15) is 0 Å². The smallest absolute Gasteiger partial charge is 0.223 e. The first-order valence-corrected chi connectivity index (χ1v) is 9.65. The van der Waals surface area contributed by atoms with Crippen LogP contribution in [0.1, 0.15) is 35.4 Å². The summed E-state index contributed by atoms with van der Waals surface area (Å²) in [5.74, 6) is 2.69. The molecule has 0 amide bonds. The first-order valence-electron chi connectivity index (χ1n) is 8.83. The van der Waals surface area contributed by atoms with Gasteiger partial charge in [-0.1, -0.05) is 17.3 Å². The molecule has 1 aliphatic heterocycles. The zero-order chi connectivity index (χ0) is 17.9. The molecule has 0 N–H and O–H groups in total. The number of piperidine rings is 1. The molecule has 136 valence electrons. The number of methoxy groups -OCH3 is 1. The van der Waals surface area contributed by atoms with Gasteiger partial charge in [-0.3, -0.25) is 4.90 Å². The molecule has 1 saturated heterocycles. The number of nitrogens with zero attached hydrogens (tertiary/aromatic N) is 4. The SMILES string of the molecule is COc1ccccc1-c1ncc(CN2CCC[C@@H](c3noc(C)n3)C2)s1. The summed E-state index contributed by atoms with van der Waals surface area (Å²) in [6.07, 6.45) is 4.25. The Hall–Kier alpha value is -2.25. The van der Waals surface area contributed by atoms with Crippen LogP contribution in [0.2, 0.25) is 0 Å². The van der Waals surface area contributed by atoms with Gasteiger partial charge in [-0.15, -0.1) is 11.3 Å². The topological polar surface area (TPSA) is 64.3 Å². The summed E-state index contributed by atoms with van der Waals surface area (Å²) in [6.45, 7) is 4.80. The maximum Gasteiger partial charge on any atom is 0.223 e. The molecule has 7 heteroatoms. The molecule has 3 heterocycles. The van der Waals surface area contributed by atoms with E-state index in [0.717, 1.165) is 54.6 Å². The molecule has 2 aromatic heterocycles. The number of likely N-dealkylation sites (tertiary alicyclic amines) is 1. The molecule has 0 saturated carbocycles. The summed E-state index contributed by atoms with van der Waals surface area (Å²) in [4.78, 5) is 12.7. The third-order valence-electron chi connectivity index (χ3n) is 4.68. The fraction of sp³-hybridized carbons (Fsp3) is 0.421. The highest BCUT2D eigenvalue weighted by molar-refractivity contribution is 7.15. The van der Waals surface area contributed by atoms with Gasteiger partial charge < -0.3 is 9.26 Å². The summed E-state index contributed by atoms with van der Waals surface area (Å²) in [5.41, 5.74) is 1.05. The van der Waals surface area contributed by atoms with Crippen molar-refractivity contribution in [2.24, 2.45) is 0 Å². The Bertz CT molecular complexity index is 876. The minimum absolute atomic E-state index is 0.350. The predicted molar refractivity (Wildman–Crippen MR) is 100 cm³/mol. The average molecular weight is 370 g/mol. The van der Waals surface area contributed by atoms with Gasteiger partial charge >= 0.3 is 0 Å². The van der Waals surface area contributed by atoms with Gasteiger partial charge in [0.15, 0.2) is 5.82 Å². The zero-order valence-electron chi connectivity index (χ0n) is 15.0. The van der Waals surface area contributed by atoms with Crippen LogP contribution in [-0.2, 0) is 6.54 Å². The van der Waals surface area contributed by atoms with Gasteiger partial charge in [0.25, 0.3) is 0 Å². The Morgan fingerprint density at radius 2 is 2.23 bits per heavy atom. The second-order valence-corrected chi connectivity index (χ2v) is 7.69. The van der Waals surface area contributed by atoms with E-state index in [1.54, 1.807) is 18.4 Å². The molecular weight excluding hydrogens is 348 g/mol. The van der Waals surface area contributed by atoms with Crippen LogP contribution in [0.15, 0.2) is 35.0 Å². The van der Waals surface area contributed by atoms with Crippen molar-refractivity contribution in [1.29, 1.82) is 0 Å². The van der Waals surface area contributed by atoms with Crippen LogP contribution in [-0.4, -0.2) is 40.2 Å². The third-order valence-corrected chi connectivity index (χ3v) is 5.70. The number of para-hydroxylation sites is 1. The van der Waals surface area contributed by atoms with Crippen LogP contribution in [0.3, 0.4) is 0 Å². The molecule has 0 aliphatic carbocycles. The lowest BCUT2D eigenvalue weighted by Gasteiger charge is -2.30. The molecule has 0 spiro atoms. The lowest BCUT2D eigenvalue weighted by atomic mass is 9.97. The minimum Gasteiger partial charge on any atom is -0.496 e. The van der Waals surface area contributed by atoms with Crippen LogP contribution < -0.4 is 4.74 Å². The molecule has 0 bridgehead atoms. The van der Waals surface area contributed by atoms with Gasteiger partial charge in [0.2, 0.25) is 5.89 Å². The first-order chi connectivity index (χ1) is 12.7. The Kier molecular flexibility index (Phi) is 4.99. The monoisotopic (exact) mass is 370 g/mol. The number of rotatable bonds is 5. The summed E-state index contributed by atoms with van der Waals surface area (Å²) < 4.78 is 10.6. The zero-order valence-corrected chi connectivity index (χ0v) is 15.8. The summed E-state index contributed by atoms with van der Waals surface area (Å²) >= 11 is 1.73. The Morgan fingerprint density at radius 3 is 3.04 bits per heavy atom. The fourth-order valence-electron chi connectivity index (χ4n) is 3.44. The van der Waals surface area contributed by atoms with Crippen LogP contribution in [0.25, 0.3) is 10.6 Å². The molecular formula is C19H22N4O2S. The van der Waals surface area contributed by atoms with Crippen molar-refractivity contribution in [1.82, 2.24) is 20.0 Å². The summed E-state index contributed by atoms with van der Waals surface area (Å²) in [6, 6.07) is 8.01. The lowest BCUT2D eigenvalue weighted by Crippen LogP contribution is -2.34. The van der Waals surface area contributed by atoms with Crippen molar-refractivity contribution in [3.8, 4) is 16.3 Å². The maximum atomic E-state index is 5.46. The van der Waals surface area contributed by atoms with E-state index in [2.05, 4.69) is 26.1 Å².